The van der Waals surface area contributed by atoms with Gasteiger partial charge in [0.25, 0.3) is 0 Å². The molecule has 0 aliphatic heterocycles. The number of benzene rings is 2. The van der Waals surface area contributed by atoms with E-state index in [1.807, 2.05) is 14.1 Å². The third-order valence-corrected chi connectivity index (χ3v) is 6.65. The van der Waals surface area contributed by atoms with Crippen molar-refractivity contribution in [1.29, 1.82) is 0 Å². The fourth-order valence-corrected chi connectivity index (χ4v) is 4.62. The molecule has 0 spiro atoms. The van der Waals surface area contributed by atoms with Gasteiger partial charge < -0.3 is 9.64 Å². The van der Waals surface area contributed by atoms with Crippen molar-refractivity contribution >= 4 is 5.97 Å². The van der Waals surface area contributed by atoms with Gasteiger partial charge in [0.2, 0.25) is 0 Å². The topological polar surface area (TPSA) is 29.5 Å². The molecule has 5 rings (SSSR count). The van der Waals surface area contributed by atoms with Gasteiger partial charge in [0.05, 0.1) is 0 Å². The van der Waals surface area contributed by atoms with Gasteiger partial charge in [0, 0.05) is 23.8 Å². The van der Waals surface area contributed by atoms with Gasteiger partial charge in [-0.2, -0.15) is 0 Å². The van der Waals surface area contributed by atoms with E-state index in [-0.39, 0.29) is 11.5 Å². The average Bonchev–Trinajstić information content (AvgIpc) is 2.66. The van der Waals surface area contributed by atoms with Gasteiger partial charge in [-0.25, -0.2) is 0 Å². The molecule has 3 heteroatoms. The zero-order valence-corrected chi connectivity index (χ0v) is 16.7. The Kier molecular flexibility index (Phi) is 4.59. The van der Waals surface area contributed by atoms with E-state index in [1.54, 1.807) is 0 Å². The predicted molar refractivity (Wildman–Crippen MR) is 108 cm³/mol. The van der Waals surface area contributed by atoms with Crippen LogP contribution in [0.4, 0.5) is 0 Å². The number of hydrogen-bond acceptors (Lipinski definition) is 3. The monoisotopic (exact) mass is 363 g/mol. The highest BCUT2D eigenvalue weighted by atomic mass is 16.5. The summed E-state index contributed by atoms with van der Waals surface area (Å²) >= 11 is 0. The number of ether oxygens (including phenoxy) is 1. The van der Waals surface area contributed by atoms with Crippen molar-refractivity contribution in [2.24, 2.45) is 5.92 Å². The minimum absolute atomic E-state index is 0.0718. The van der Waals surface area contributed by atoms with Crippen LogP contribution in [0.2, 0.25) is 0 Å². The summed E-state index contributed by atoms with van der Waals surface area (Å²) < 4.78 is 5.67. The first-order valence-electron chi connectivity index (χ1n) is 9.89. The summed E-state index contributed by atoms with van der Waals surface area (Å²) in [6.07, 6.45) is 1.53. The molecule has 1 unspecified atom stereocenters. The van der Waals surface area contributed by atoms with Gasteiger partial charge in [0.15, 0.2) is 0 Å². The average molecular weight is 364 g/mol. The van der Waals surface area contributed by atoms with E-state index >= 15 is 0 Å². The van der Waals surface area contributed by atoms with Crippen LogP contribution in [-0.4, -0.2) is 37.1 Å². The zero-order chi connectivity index (χ0) is 19.2. The van der Waals surface area contributed by atoms with Crippen molar-refractivity contribution in [3.63, 3.8) is 0 Å². The molecule has 3 nitrogen and oxygen atoms in total. The maximum Gasteiger partial charge on any atom is 0.306 e. The highest BCUT2D eigenvalue weighted by Crippen LogP contribution is 2.56. The van der Waals surface area contributed by atoms with Crippen molar-refractivity contribution in [2.45, 2.75) is 44.1 Å². The second kappa shape index (κ2) is 6.79. The predicted octanol–water partition coefficient (Wildman–Crippen LogP) is 4.56. The summed E-state index contributed by atoms with van der Waals surface area (Å²) in [6, 6.07) is 17.5. The Balaban J connectivity index is 1.55. The first-order valence-corrected chi connectivity index (χ1v) is 9.89. The molecule has 2 bridgehead atoms. The Morgan fingerprint density at radius 1 is 1.00 bits per heavy atom. The van der Waals surface area contributed by atoms with Gasteiger partial charge in [0.1, 0.15) is 6.61 Å². The number of esters is 1. The molecule has 0 N–H and O–H groups in total. The van der Waals surface area contributed by atoms with E-state index in [9.17, 15) is 4.79 Å². The Labute approximate surface area is 162 Å². The summed E-state index contributed by atoms with van der Waals surface area (Å²) in [4.78, 5) is 14.7. The standard InChI is InChI=1S/C24H29NO2/c1-24(2,25(3)4)15-27-22(26)14-16-13-21-17-9-5-7-11-19(17)23(16)20-12-8-6-10-18(20)21/h5-12,16,21,23H,13-15H2,1-4H3. The maximum absolute atomic E-state index is 12.6. The number of fused-ring (bicyclic) bond motifs is 1. The van der Waals surface area contributed by atoms with Crippen molar-refractivity contribution in [3.8, 4) is 0 Å². The summed E-state index contributed by atoms with van der Waals surface area (Å²) in [6.45, 7) is 4.61. The highest BCUT2D eigenvalue weighted by molar-refractivity contribution is 5.71. The third kappa shape index (κ3) is 3.19. The van der Waals surface area contributed by atoms with Gasteiger partial charge in [-0.05, 0) is 62.5 Å². The smallest absolute Gasteiger partial charge is 0.306 e. The van der Waals surface area contributed by atoms with Gasteiger partial charge in [-0.1, -0.05) is 48.5 Å². The van der Waals surface area contributed by atoms with E-state index in [2.05, 4.69) is 67.3 Å². The lowest BCUT2D eigenvalue weighted by atomic mass is 9.58. The molecular formula is C24H29NO2. The fourth-order valence-electron chi connectivity index (χ4n) is 4.62. The number of nitrogens with zero attached hydrogens (tertiary/aromatic N) is 1. The second-order valence-electron chi connectivity index (χ2n) is 8.86. The lowest BCUT2D eigenvalue weighted by Crippen LogP contribution is -2.43. The van der Waals surface area contributed by atoms with Crippen LogP contribution in [0, 0.1) is 5.92 Å². The normalized spacial score (nSPS) is 23.1. The Bertz CT molecular complexity index is 807. The molecule has 3 aliphatic rings. The second-order valence-corrected chi connectivity index (χ2v) is 8.86. The van der Waals surface area contributed by atoms with E-state index in [0.29, 0.717) is 30.8 Å². The molecule has 0 fully saturated rings. The summed E-state index contributed by atoms with van der Waals surface area (Å²) in [5.41, 5.74) is 5.54. The molecule has 3 aliphatic carbocycles. The minimum atomic E-state index is -0.152. The Morgan fingerprint density at radius 2 is 1.52 bits per heavy atom. The molecule has 2 aromatic carbocycles. The highest BCUT2D eigenvalue weighted by Gasteiger charge is 2.43. The van der Waals surface area contributed by atoms with Gasteiger partial charge >= 0.3 is 5.97 Å². The summed E-state index contributed by atoms with van der Waals surface area (Å²) in [5.74, 6) is 0.947. The maximum atomic E-state index is 12.6. The van der Waals surface area contributed by atoms with Crippen LogP contribution < -0.4 is 0 Å². The first kappa shape index (κ1) is 18.2. The quantitative estimate of drug-likeness (QED) is 0.730. The van der Waals surface area contributed by atoms with Crippen molar-refractivity contribution in [3.05, 3.63) is 70.8 Å². The molecule has 1 atom stereocenters. The van der Waals surface area contributed by atoms with E-state index in [4.69, 9.17) is 4.74 Å². The largest absolute Gasteiger partial charge is 0.464 e. The number of carbonyl (C=O) groups excluding carboxylic acids is 1. The Morgan fingerprint density at radius 3 is 2.04 bits per heavy atom. The van der Waals surface area contributed by atoms with Gasteiger partial charge in [-0.15, -0.1) is 0 Å². The van der Waals surface area contributed by atoms with Crippen molar-refractivity contribution in [1.82, 2.24) is 4.90 Å². The molecule has 142 valence electrons. The molecule has 2 aromatic rings. The third-order valence-electron chi connectivity index (χ3n) is 6.65. The van der Waals surface area contributed by atoms with Crippen LogP contribution in [0.15, 0.2) is 48.5 Å². The van der Waals surface area contributed by atoms with Gasteiger partial charge in [-0.3, -0.25) is 4.79 Å². The minimum Gasteiger partial charge on any atom is -0.464 e. The zero-order valence-electron chi connectivity index (χ0n) is 16.7. The van der Waals surface area contributed by atoms with Crippen LogP contribution in [-0.2, 0) is 9.53 Å². The van der Waals surface area contributed by atoms with Crippen LogP contribution in [0.1, 0.15) is 60.8 Å². The SMILES string of the molecule is CN(C)C(C)(C)COC(=O)CC1CC2c3ccccc3C1c1ccccc12. The van der Waals surface area contributed by atoms with Crippen LogP contribution in [0.5, 0.6) is 0 Å². The molecular weight excluding hydrogens is 334 g/mol. The molecule has 0 heterocycles. The summed E-state index contributed by atoms with van der Waals surface area (Å²) in [5, 5.41) is 0. The molecule has 0 aromatic heterocycles. The number of hydrogen-bond donors (Lipinski definition) is 0. The molecule has 0 radical (unpaired) electrons. The first-order chi connectivity index (χ1) is 12.9. The molecule has 0 saturated heterocycles. The lowest BCUT2D eigenvalue weighted by molar-refractivity contribution is -0.148. The number of carbonyl (C=O) groups is 1. The molecule has 0 amide bonds. The van der Waals surface area contributed by atoms with E-state index in [1.165, 1.54) is 22.3 Å². The Hall–Kier alpha value is -2.13. The molecule has 0 saturated carbocycles. The van der Waals surface area contributed by atoms with Crippen LogP contribution in [0.25, 0.3) is 0 Å². The van der Waals surface area contributed by atoms with Crippen molar-refractivity contribution in [2.75, 3.05) is 20.7 Å². The molecule has 27 heavy (non-hydrogen) atoms. The fraction of sp³-hybridized carbons (Fsp3) is 0.458. The summed E-state index contributed by atoms with van der Waals surface area (Å²) in [7, 11) is 4.03. The van der Waals surface area contributed by atoms with E-state index in [0.717, 1.165) is 6.42 Å². The van der Waals surface area contributed by atoms with Crippen LogP contribution >= 0.6 is 0 Å². The number of rotatable bonds is 5. The van der Waals surface area contributed by atoms with Crippen LogP contribution in [0.3, 0.4) is 0 Å². The van der Waals surface area contributed by atoms with E-state index < -0.39 is 0 Å². The lowest BCUT2D eigenvalue weighted by Gasteiger charge is -2.45. The number of likely N-dealkylation sites (N-methyl/N-ethyl adjacent to an activating group) is 1. The van der Waals surface area contributed by atoms with Crippen molar-refractivity contribution < 1.29 is 9.53 Å².